The molecule has 9 aromatic rings. The van der Waals surface area contributed by atoms with E-state index in [9.17, 15) is 10.5 Å². The van der Waals surface area contributed by atoms with Gasteiger partial charge >= 0.3 is 0 Å². The third kappa shape index (κ3) is 9.12. The summed E-state index contributed by atoms with van der Waals surface area (Å²) in [5.41, 5.74) is 12.4. The molecule has 1 heterocycles. The highest BCUT2D eigenvalue weighted by Crippen LogP contribution is 2.40. The highest BCUT2D eigenvalue weighted by atomic mass is 16.5. The van der Waals surface area contributed by atoms with Crippen LogP contribution >= 0.6 is 0 Å². The van der Waals surface area contributed by atoms with E-state index in [1.54, 1.807) is 28.4 Å². The zero-order valence-corrected chi connectivity index (χ0v) is 37.8. The van der Waals surface area contributed by atoms with Gasteiger partial charge in [0.2, 0.25) is 0 Å². The van der Waals surface area contributed by atoms with E-state index in [2.05, 4.69) is 70.5 Å². The van der Waals surface area contributed by atoms with Crippen LogP contribution in [0.3, 0.4) is 0 Å². The summed E-state index contributed by atoms with van der Waals surface area (Å²) in [5.74, 6) is 3.12. The van der Waals surface area contributed by atoms with E-state index in [1.807, 2.05) is 146 Å². The van der Waals surface area contributed by atoms with E-state index in [0.717, 1.165) is 90.5 Å². The van der Waals surface area contributed by atoms with Crippen molar-refractivity contribution in [1.82, 2.24) is 9.97 Å². The van der Waals surface area contributed by atoms with Crippen molar-refractivity contribution in [3.05, 3.63) is 206 Å². The molecule has 0 amide bonds. The van der Waals surface area contributed by atoms with Gasteiger partial charge in [-0.1, -0.05) is 72.8 Å². The van der Waals surface area contributed by atoms with Gasteiger partial charge in [-0.25, -0.2) is 9.97 Å². The van der Waals surface area contributed by atoms with Gasteiger partial charge in [-0.2, -0.15) is 10.5 Å². The summed E-state index contributed by atoms with van der Waals surface area (Å²) in [6, 6.07) is 68.8. The van der Waals surface area contributed by atoms with Gasteiger partial charge in [0.1, 0.15) is 35.1 Å². The van der Waals surface area contributed by atoms with Crippen LogP contribution < -0.4 is 28.7 Å². The molecule has 68 heavy (non-hydrogen) atoms. The molecule has 1 aromatic heterocycles. The Morgan fingerprint density at radius 3 is 0.691 bits per heavy atom. The maximum Gasteiger partial charge on any atom is 0.177 e. The number of nitrogens with zero attached hydrogens (tertiary/aromatic N) is 6. The lowest BCUT2D eigenvalue weighted by atomic mass is 9.98. The first-order valence-corrected chi connectivity index (χ1v) is 21.7. The molecule has 0 fully saturated rings. The lowest BCUT2D eigenvalue weighted by Gasteiger charge is -2.26. The molecule has 0 spiro atoms. The first-order chi connectivity index (χ1) is 33.4. The molecule has 10 heteroatoms. The Labute approximate surface area is 395 Å². The maximum absolute atomic E-state index is 9.99. The normalized spacial score (nSPS) is 10.6. The Balaban J connectivity index is 0.987. The second-order valence-electron chi connectivity index (χ2n) is 15.6. The number of ether oxygens (including phenoxy) is 4. The van der Waals surface area contributed by atoms with Gasteiger partial charge in [0.05, 0.1) is 39.8 Å². The minimum absolute atomic E-state index is 0.0285. The number of hydrogen-bond donors (Lipinski definition) is 0. The average Bonchev–Trinajstić information content (AvgIpc) is 3.42. The number of hydrogen-bond acceptors (Lipinski definition) is 10. The fourth-order valence-electron chi connectivity index (χ4n) is 8.06. The van der Waals surface area contributed by atoms with Crippen molar-refractivity contribution in [3.63, 3.8) is 0 Å². The van der Waals surface area contributed by atoms with Crippen molar-refractivity contribution >= 4 is 34.1 Å². The summed E-state index contributed by atoms with van der Waals surface area (Å²) in [6.07, 6.45) is 0. The third-order valence-electron chi connectivity index (χ3n) is 11.7. The summed E-state index contributed by atoms with van der Waals surface area (Å²) in [6.45, 7) is 0. The number of anilines is 6. The minimum Gasteiger partial charge on any atom is -0.497 e. The van der Waals surface area contributed by atoms with Crippen LogP contribution in [-0.2, 0) is 0 Å². The molecular weight excluding hydrogens is 845 g/mol. The highest BCUT2D eigenvalue weighted by molar-refractivity contribution is 5.84. The Kier molecular flexibility index (Phi) is 12.8. The quantitative estimate of drug-likeness (QED) is 0.104. The van der Waals surface area contributed by atoms with Gasteiger partial charge in [0.25, 0.3) is 0 Å². The fraction of sp³-hybridized carbons (Fsp3) is 0.0690. The van der Waals surface area contributed by atoms with E-state index in [0.29, 0.717) is 11.4 Å². The minimum atomic E-state index is -0.0285. The number of benzene rings is 8. The molecule has 0 unspecified atom stereocenters. The Hall–Kier alpha value is -9.38. The van der Waals surface area contributed by atoms with Crippen molar-refractivity contribution < 1.29 is 18.9 Å². The first-order valence-electron chi connectivity index (χ1n) is 21.7. The monoisotopic (exact) mass is 888 g/mol. The van der Waals surface area contributed by atoms with E-state index >= 15 is 0 Å². The molecule has 330 valence electrons. The molecule has 0 aliphatic rings. The standard InChI is InChI=1S/C58H44N6O4/c1-65-51-29-21-47(22-30-51)63(48-23-31-52(66-2)32-24-48)45-17-13-41(14-18-45)39-5-9-43(10-6-39)57-58(62-56(38-60)55(37-59)61-57)44-11-7-40(8-12-44)42-15-19-46(20-16-42)64(49-25-33-53(67-3)34-26-49)50-27-35-54(68-4)36-28-50/h5-36H,1-4H3. The summed E-state index contributed by atoms with van der Waals surface area (Å²) in [5, 5.41) is 20.0. The van der Waals surface area contributed by atoms with Crippen molar-refractivity contribution in [2.24, 2.45) is 0 Å². The van der Waals surface area contributed by atoms with Gasteiger partial charge in [-0.15, -0.1) is 0 Å². The second kappa shape index (κ2) is 19.8. The summed E-state index contributed by atoms with van der Waals surface area (Å²) < 4.78 is 21.7. The van der Waals surface area contributed by atoms with Crippen LogP contribution in [0, 0.1) is 22.7 Å². The predicted molar refractivity (Wildman–Crippen MR) is 269 cm³/mol. The lowest BCUT2D eigenvalue weighted by molar-refractivity contribution is 0.414. The second-order valence-corrected chi connectivity index (χ2v) is 15.6. The van der Waals surface area contributed by atoms with Crippen molar-refractivity contribution in [3.8, 4) is 79.9 Å². The molecule has 8 aromatic carbocycles. The lowest BCUT2D eigenvalue weighted by Crippen LogP contribution is -2.09. The van der Waals surface area contributed by atoms with Gasteiger partial charge in [-0.3, -0.25) is 0 Å². The van der Waals surface area contributed by atoms with Crippen molar-refractivity contribution in [1.29, 1.82) is 10.5 Å². The van der Waals surface area contributed by atoms with Gasteiger partial charge in [0.15, 0.2) is 11.4 Å². The zero-order valence-electron chi connectivity index (χ0n) is 37.8. The molecule has 0 N–H and O–H groups in total. The number of methoxy groups -OCH3 is 4. The molecule has 9 rings (SSSR count). The van der Waals surface area contributed by atoms with Crippen LogP contribution in [-0.4, -0.2) is 38.4 Å². The van der Waals surface area contributed by atoms with Crippen LogP contribution in [0.25, 0.3) is 44.8 Å². The molecule has 0 bridgehead atoms. The Bertz CT molecular complexity index is 2920. The van der Waals surface area contributed by atoms with Gasteiger partial charge < -0.3 is 28.7 Å². The molecular formula is C58H44N6O4. The van der Waals surface area contributed by atoms with Gasteiger partial charge in [-0.05, 0) is 144 Å². The molecule has 0 saturated carbocycles. The topological polar surface area (TPSA) is 117 Å². The molecule has 0 atom stereocenters. The molecule has 0 saturated heterocycles. The van der Waals surface area contributed by atoms with E-state index in [1.165, 1.54) is 0 Å². The summed E-state index contributed by atoms with van der Waals surface area (Å²) in [4.78, 5) is 13.8. The van der Waals surface area contributed by atoms with Crippen molar-refractivity contribution in [2.45, 2.75) is 0 Å². The molecule has 10 nitrogen and oxygen atoms in total. The smallest absolute Gasteiger partial charge is 0.177 e. The molecule has 0 radical (unpaired) electrons. The largest absolute Gasteiger partial charge is 0.497 e. The SMILES string of the molecule is COc1ccc(N(c2ccc(OC)cc2)c2ccc(-c3ccc(-c4nc(C#N)c(C#N)nc4-c4ccc(-c5ccc(N(c6ccc(OC)cc6)c6ccc(OC)cc6)cc5)cc4)cc3)cc2)cc1. The van der Waals surface area contributed by atoms with E-state index in [-0.39, 0.29) is 11.4 Å². The van der Waals surface area contributed by atoms with Gasteiger partial charge in [0, 0.05) is 45.3 Å². The Morgan fingerprint density at radius 1 is 0.294 bits per heavy atom. The summed E-state index contributed by atoms with van der Waals surface area (Å²) >= 11 is 0. The number of nitriles is 2. The van der Waals surface area contributed by atoms with E-state index < -0.39 is 0 Å². The maximum atomic E-state index is 9.99. The molecule has 0 aliphatic heterocycles. The highest BCUT2D eigenvalue weighted by Gasteiger charge is 2.19. The third-order valence-corrected chi connectivity index (χ3v) is 11.7. The van der Waals surface area contributed by atoms with Crippen LogP contribution in [0.4, 0.5) is 34.1 Å². The average molecular weight is 889 g/mol. The van der Waals surface area contributed by atoms with Crippen LogP contribution in [0.5, 0.6) is 23.0 Å². The molecule has 0 aliphatic carbocycles. The Morgan fingerprint density at radius 2 is 0.485 bits per heavy atom. The number of aromatic nitrogens is 2. The number of rotatable bonds is 14. The van der Waals surface area contributed by atoms with Crippen LogP contribution in [0.15, 0.2) is 194 Å². The summed E-state index contributed by atoms with van der Waals surface area (Å²) in [7, 11) is 6.63. The van der Waals surface area contributed by atoms with Crippen molar-refractivity contribution in [2.75, 3.05) is 38.2 Å². The predicted octanol–water partition coefficient (Wildman–Crippen LogP) is 13.9. The fourth-order valence-corrected chi connectivity index (χ4v) is 8.06. The van der Waals surface area contributed by atoms with Crippen LogP contribution in [0.1, 0.15) is 11.4 Å². The van der Waals surface area contributed by atoms with E-state index in [4.69, 9.17) is 28.9 Å². The zero-order chi connectivity index (χ0) is 47.0. The first kappa shape index (κ1) is 43.9. The van der Waals surface area contributed by atoms with Crippen LogP contribution in [0.2, 0.25) is 0 Å².